The molecule has 3 N–H and O–H groups in total. The molecule has 0 spiro atoms. The van der Waals surface area contributed by atoms with Crippen LogP contribution in [-0.2, 0) is 9.53 Å². The van der Waals surface area contributed by atoms with Crippen molar-refractivity contribution in [2.24, 2.45) is 0 Å². The van der Waals surface area contributed by atoms with E-state index in [-0.39, 0.29) is 18.7 Å². The van der Waals surface area contributed by atoms with E-state index in [9.17, 15) is 14.4 Å². The summed E-state index contributed by atoms with van der Waals surface area (Å²) in [5.74, 6) is 0. The Bertz CT molecular complexity index is 412. The zero-order chi connectivity index (χ0) is 19.0. The van der Waals surface area contributed by atoms with E-state index in [1.54, 1.807) is 0 Å². The van der Waals surface area contributed by atoms with Gasteiger partial charge in [-0.15, -0.1) is 0 Å². The van der Waals surface area contributed by atoms with E-state index in [4.69, 9.17) is 4.74 Å². The number of carbonyl (C=O) groups is 3. The molecule has 0 bridgehead atoms. The third kappa shape index (κ3) is 10.9. The summed E-state index contributed by atoms with van der Waals surface area (Å²) in [6.45, 7) is 2.58. The maximum Gasteiger partial charge on any atom is 0.407 e. The molecule has 1 aliphatic rings. The lowest BCUT2D eigenvalue weighted by Gasteiger charge is -2.23. The molecule has 1 saturated carbocycles. The summed E-state index contributed by atoms with van der Waals surface area (Å²) in [5, 5.41) is 8.08. The highest BCUT2D eigenvalue weighted by atomic mass is 16.5. The van der Waals surface area contributed by atoms with Crippen LogP contribution >= 0.6 is 0 Å². The van der Waals surface area contributed by atoms with Crippen molar-refractivity contribution in [2.45, 2.75) is 89.6 Å². The van der Waals surface area contributed by atoms with E-state index in [2.05, 4.69) is 22.9 Å². The summed E-state index contributed by atoms with van der Waals surface area (Å²) in [4.78, 5) is 34.6. The monoisotopic (exact) mass is 369 g/mol. The molecule has 0 aliphatic heterocycles. The Hall–Kier alpha value is -1.79. The van der Waals surface area contributed by atoms with Crippen LogP contribution in [0, 0.1) is 0 Å². The average Bonchev–Trinajstić information content (AvgIpc) is 2.65. The molecule has 0 aromatic rings. The minimum absolute atomic E-state index is 0.163. The van der Waals surface area contributed by atoms with E-state index < -0.39 is 12.1 Å². The van der Waals surface area contributed by atoms with Crippen molar-refractivity contribution in [3.63, 3.8) is 0 Å². The first-order valence-electron chi connectivity index (χ1n) is 10.1. The lowest BCUT2D eigenvalue weighted by Crippen LogP contribution is -2.49. The van der Waals surface area contributed by atoms with Crippen molar-refractivity contribution in [2.75, 3.05) is 13.2 Å². The summed E-state index contributed by atoms with van der Waals surface area (Å²) in [6.07, 6.45) is 12.3. The van der Waals surface area contributed by atoms with E-state index in [1.165, 1.54) is 32.1 Å². The number of unbranched alkanes of at least 4 members (excludes halogenated alkanes) is 5. The van der Waals surface area contributed by atoms with Crippen LogP contribution in [0.2, 0.25) is 0 Å². The SMILES string of the molecule is CCCCCCCCNC(=O)OCC(C=O)NC(=O)NC1CCCCC1. The number of nitrogens with one attached hydrogen (secondary N) is 3. The van der Waals surface area contributed by atoms with Crippen LogP contribution < -0.4 is 16.0 Å². The number of hydrogen-bond acceptors (Lipinski definition) is 4. The van der Waals surface area contributed by atoms with Crippen LogP contribution in [0.1, 0.15) is 77.6 Å². The molecule has 150 valence electrons. The quantitative estimate of drug-likeness (QED) is 0.363. The molecule has 26 heavy (non-hydrogen) atoms. The van der Waals surface area contributed by atoms with Gasteiger partial charge in [0.15, 0.2) is 0 Å². The number of ether oxygens (including phenoxy) is 1. The third-order valence-electron chi connectivity index (χ3n) is 4.61. The van der Waals surface area contributed by atoms with Crippen LogP contribution in [0.25, 0.3) is 0 Å². The van der Waals surface area contributed by atoms with Crippen molar-refractivity contribution in [3.05, 3.63) is 0 Å². The summed E-state index contributed by atoms with van der Waals surface area (Å²) in [7, 11) is 0. The van der Waals surface area contributed by atoms with Crippen LogP contribution in [0.15, 0.2) is 0 Å². The first kappa shape index (κ1) is 22.3. The number of amides is 3. The predicted molar refractivity (Wildman–Crippen MR) is 101 cm³/mol. The molecule has 3 amide bonds. The fourth-order valence-electron chi connectivity index (χ4n) is 3.07. The summed E-state index contributed by atoms with van der Waals surface area (Å²) >= 11 is 0. The lowest BCUT2D eigenvalue weighted by molar-refractivity contribution is -0.110. The molecule has 1 fully saturated rings. The lowest BCUT2D eigenvalue weighted by atomic mass is 9.96. The van der Waals surface area contributed by atoms with E-state index in [1.807, 2.05) is 0 Å². The molecule has 1 unspecified atom stereocenters. The van der Waals surface area contributed by atoms with Gasteiger partial charge in [0.25, 0.3) is 0 Å². The highest BCUT2D eigenvalue weighted by molar-refractivity contribution is 5.78. The summed E-state index contributed by atoms with van der Waals surface area (Å²) < 4.78 is 5.01. The van der Waals surface area contributed by atoms with Gasteiger partial charge in [0.2, 0.25) is 0 Å². The summed E-state index contributed by atoms with van der Waals surface area (Å²) in [5.41, 5.74) is 0. The van der Waals surface area contributed by atoms with Crippen LogP contribution in [-0.4, -0.2) is 43.6 Å². The van der Waals surface area contributed by atoms with Crippen LogP contribution in [0.3, 0.4) is 0 Å². The molecule has 0 heterocycles. The zero-order valence-electron chi connectivity index (χ0n) is 16.1. The van der Waals surface area contributed by atoms with Crippen molar-refractivity contribution < 1.29 is 19.1 Å². The molecule has 1 rings (SSSR count). The number of aldehydes is 1. The Kier molecular flexibility index (Phi) is 12.3. The molecule has 0 saturated heterocycles. The molecule has 7 nitrogen and oxygen atoms in total. The van der Waals surface area contributed by atoms with Crippen LogP contribution in [0.4, 0.5) is 9.59 Å². The fraction of sp³-hybridized carbons (Fsp3) is 0.842. The van der Waals surface area contributed by atoms with Gasteiger partial charge in [0.1, 0.15) is 18.9 Å². The Morgan fingerprint density at radius 2 is 1.77 bits per heavy atom. The molecule has 0 aromatic heterocycles. The van der Waals surface area contributed by atoms with Crippen molar-refractivity contribution in [3.8, 4) is 0 Å². The molecule has 0 radical (unpaired) electrons. The smallest absolute Gasteiger partial charge is 0.407 e. The van der Waals surface area contributed by atoms with Crippen LogP contribution in [0.5, 0.6) is 0 Å². The highest BCUT2D eigenvalue weighted by Gasteiger charge is 2.18. The maximum atomic E-state index is 11.9. The molecule has 1 atom stereocenters. The predicted octanol–water partition coefficient (Wildman–Crippen LogP) is 3.27. The number of hydrogen-bond donors (Lipinski definition) is 3. The molecule has 7 heteroatoms. The number of rotatable bonds is 12. The van der Waals surface area contributed by atoms with Gasteiger partial charge in [-0.2, -0.15) is 0 Å². The maximum absolute atomic E-state index is 11.9. The van der Waals surface area contributed by atoms with Gasteiger partial charge in [0.05, 0.1) is 0 Å². The topological polar surface area (TPSA) is 96.5 Å². The highest BCUT2D eigenvalue weighted by Crippen LogP contribution is 2.17. The largest absolute Gasteiger partial charge is 0.447 e. The Morgan fingerprint density at radius 3 is 2.46 bits per heavy atom. The van der Waals surface area contributed by atoms with Gasteiger partial charge in [0, 0.05) is 12.6 Å². The second-order valence-corrected chi connectivity index (χ2v) is 6.99. The van der Waals surface area contributed by atoms with Gasteiger partial charge in [-0.1, -0.05) is 58.3 Å². The van der Waals surface area contributed by atoms with E-state index in [0.717, 1.165) is 38.5 Å². The van der Waals surface area contributed by atoms with Crippen molar-refractivity contribution in [1.82, 2.24) is 16.0 Å². The Morgan fingerprint density at radius 1 is 1.08 bits per heavy atom. The fourth-order valence-corrected chi connectivity index (χ4v) is 3.07. The second kappa shape index (κ2) is 14.4. The average molecular weight is 370 g/mol. The number of alkyl carbamates (subject to hydrolysis) is 1. The zero-order valence-corrected chi connectivity index (χ0v) is 16.1. The minimum Gasteiger partial charge on any atom is -0.447 e. The Labute approximate surface area is 157 Å². The third-order valence-corrected chi connectivity index (χ3v) is 4.61. The van der Waals surface area contributed by atoms with Crippen molar-refractivity contribution in [1.29, 1.82) is 0 Å². The van der Waals surface area contributed by atoms with Gasteiger partial charge < -0.3 is 25.5 Å². The molecule has 1 aliphatic carbocycles. The van der Waals surface area contributed by atoms with Crippen molar-refractivity contribution >= 4 is 18.4 Å². The van der Waals surface area contributed by atoms with Gasteiger partial charge in [-0.3, -0.25) is 0 Å². The van der Waals surface area contributed by atoms with E-state index in [0.29, 0.717) is 12.8 Å². The summed E-state index contributed by atoms with van der Waals surface area (Å²) in [6, 6.07) is -1.05. The first-order valence-corrected chi connectivity index (χ1v) is 10.1. The van der Waals surface area contributed by atoms with Gasteiger partial charge in [-0.05, 0) is 19.3 Å². The van der Waals surface area contributed by atoms with Gasteiger partial charge >= 0.3 is 12.1 Å². The van der Waals surface area contributed by atoms with Gasteiger partial charge in [-0.25, -0.2) is 9.59 Å². The normalized spacial score (nSPS) is 15.7. The molecule has 0 aromatic carbocycles. The molecular formula is C19H35N3O4. The molecular weight excluding hydrogens is 334 g/mol. The second-order valence-electron chi connectivity index (χ2n) is 6.99. The van der Waals surface area contributed by atoms with E-state index >= 15 is 0 Å². The Balaban J connectivity index is 2.09. The minimum atomic E-state index is -0.835. The first-order chi connectivity index (χ1) is 12.7. The number of urea groups is 1. The number of carbonyl (C=O) groups excluding carboxylic acids is 3. The standard InChI is InChI=1S/C19H35N3O4/c1-2-3-4-5-6-10-13-20-19(25)26-15-17(14-23)22-18(24)21-16-11-8-7-9-12-16/h14,16-17H,2-13,15H2,1H3,(H,20,25)(H2,21,22,24).